The number of halogens is 1. The van der Waals surface area contributed by atoms with E-state index in [-0.39, 0.29) is 0 Å². The number of amides is 1. The number of hydrogen-bond acceptors (Lipinski definition) is 4. The maximum atomic E-state index is 13.1. The van der Waals surface area contributed by atoms with Crippen molar-refractivity contribution < 1.29 is 18.7 Å². The minimum atomic E-state index is -0.958. The molecule has 0 fully saturated rings. The van der Waals surface area contributed by atoms with Crippen molar-refractivity contribution in [1.82, 2.24) is 0 Å². The molecule has 1 N–H and O–H groups in total. The van der Waals surface area contributed by atoms with E-state index in [1.165, 1.54) is 46.9 Å². The molecule has 1 heterocycles. The normalized spacial score (nSPS) is 14.6. The van der Waals surface area contributed by atoms with Crippen LogP contribution in [0, 0.1) is 5.82 Å². The number of ether oxygens (including phenoxy) is 1. The quantitative estimate of drug-likeness (QED) is 0.852. The fraction of sp³-hybridized carbons (Fsp3) is 0.333. The molecule has 1 aliphatic rings. The second kappa shape index (κ2) is 7.13. The van der Waals surface area contributed by atoms with E-state index >= 15 is 0 Å². The highest BCUT2D eigenvalue weighted by Crippen LogP contribution is 2.30. The maximum absolute atomic E-state index is 13.1. The van der Waals surface area contributed by atoms with Gasteiger partial charge in [0.1, 0.15) is 10.7 Å². The van der Waals surface area contributed by atoms with Gasteiger partial charge in [-0.3, -0.25) is 4.79 Å². The molecule has 1 aromatic carbocycles. The molecule has 0 bridgehead atoms. The van der Waals surface area contributed by atoms with E-state index < -0.39 is 23.8 Å². The van der Waals surface area contributed by atoms with E-state index in [1.807, 2.05) is 6.07 Å². The monoisotopic (exact) mass is 347 g/mol. The third kappa shape index (κ3) is 3.82. The number of rotatable bonds is 4. The molecule has 3 rings (SSSR count). The number of carbonyl (C=O) groups is 2. The molecule has 0 saturated carbocycles. The molecule has 4 nitrogen and oxygen atoms in total. The minimum Gasteiger partial charge on any atom is -0.448 e. The lowest BCUT2D eigenvalue weighted by molar-refractivity contribution is -0.123. The first kappa shape index (κ1) is 16.6. The van der Waals surface area contributed by atoms with Crippen LogP contribution in [0.1, 0.15) is 39.9 Å². The van der Waals surface area contributed by atoms with Crippen molar-refractivity contribution in [3.8, 4) is 0 Å². The summed E-state index contributed by atoms with van der Waals surface area (Å²) in [5.41, 5.74) is 1.55. The molecule has 0 aliphatic heterocycles. The van der Waals surface area contributed by atoms with Crippen molar-refractivity contribution in [2.24, 2.45) is 0 Å². The summed E-state index contributed by atoms with van der Waals surface area (Å²) in [6.07, 6.45) is 3.33. The number of fused-ring (bicyclic) bond motifs is 1. The topological polar surface area (TPSA) is 55.4 Å². The minimum absolute atomic E-state index is 0.328. The van der Waals surface area contributed by atoms with Gasteiger partial charge in [0.05, 0.1) is 0 Å². The first-order chi connectivity index (χ1) is 11.5. The number of thiophene rings is 1. The van der Waals surface area contributed by atoms with Gasteiger partial charge in [-0.05, 0) is 62.4 Å². The van der Waals surface area contributed by atoms with Crippen LogP contribution < -0.4 is 5.32 Å². The second-order valence-corrected chi connectivity index (χ2v) is 6.95. The standard InChI is InChI=1S/C18H18FNO3S/c1-11(17(21)20-14-7-4-6-13(19)10-14)23-18(22)16-9-12-5-2-3-8-15(12)24-16/h4,6-7,9-11H,2-3,5,8H2,1H3,(H,20,21)/t11-/m1/s1. The van der Waals surface area contributed by atoms with Crippen molar-refractivity contribution in [1.29, 1.82) is 0 Å². The van der Waals surface area contributed by atoms with E-state index in [2.05, 4.69) is 5.32 Å². The van der Waals surface area contributed by atoms with Crippen LogP contribution in [-0.2, 0) is 22.4 Å². The fourth-order valence-electron chi connectivity index (χ4n) is 2.67. The van der Waals surface area contributed by atoms with Gasteiger partial charge in [0.15, 0.2) is 6.10 Å². The first-order valence-corrected chi connectivity index (χ1v) is 8.73. The summed E-state index contributed by atoms with van der Waals surface area (Å²) in [5, 5.41) is 2.54. The van der Waals surface area contributed by atoms with Gasteiger partial charge in [0, 0.05) is 10.6 Å². The third-order valence-corrected chi connectivity index (χ3v) is 5.16. The highest BCUT2D eigenvalue weighted by molar-refractivity contribution is 7.14. The summed E-state index contributed by atoms with van der Waals surface area (Å²) >= 11 is 1.45. The van der Waals surface area contributed by atoms with Crippen molar-refractivity contribution >= 4 is 28.9 Å². The highest BCUT2D eigenvalue weighted by Gasteiger charge is 2.22. The Morgan fingerprint density at radius 3 is 2.79 bits per heavy atom. The second-order valence-electron chi connectivity index (χ2n) is 5.81. The molecule has 0 radical (unpaired) electrons. The molecular formula is C18H18FNO3S. The molecule has 1 atom stereocenters. The maximum Gasteiger partial charge on any atom is 0.349 e. The lowest BCUT2D eigenvalue weighted by Gasteiger charge is -2.13. The highest BCUT2D eigenvalue weighted by atomic mass is 32.1. The van der Waals surface area contributed by atoms with Gasteiger partial charge in [-0.2, -0.15) is 0 Å². The Hall–Kier alpha value is -2.21. The molecule has 6 heteroatoms. The lowest BCUT2D eigenvalue weighted by Crippen LogP contribution is -2.29. The average molecular weight is 347 g/mol. The molecule has 0 unspecified atom stereocenters. The average Bonchev–Trinajstić information content (AvgIpc) is 2.99. The number of anilines is 1. The first-order valence-electron chi connectivity index (χ1n) is 7.92. The number of esters is 1. The predicted octanol–water partition coefficient (Wildman–Crippen LogP) is 3.95. The summed E-state index contributed by atoms with van der Waals surface area (Å²) in [5.74, 6) is -1.42. The number of nitrogens with one attached hydrogen (secondary N) is 1. The van der Waals surface area contributed by atoms with Gasteiger partial charge in [0.25, 0.3) is 5.91 Å². The van der Waals surface area contributed by atoms with Crippen LogP contribution in [0.2, 0.25) is 0 Å². The van der Waals surface area contributed by atoms with Crippen LogP contribution in [0.3, 0.4) is 0 Å². The Bertz CT molecular complexity index is 748. The van der Waals surface area contributed by atoms with Gasteiger partial charge in [-0.15, -0.1) is 11.3 Å². The van der Waals surface area contributed by atoms with Crippen LogP contribution >= 0.6 is 11.3 Å². The molecule has 2 aromatic rings. The van der Waals surface area contributed by atoms with E-state index in [4.69, 9.17) is 4.74 Å². The van der Waals surface area contributed by atoms with Crippen LogP contribution in [-0.4, -0.2) is 18.0 Å². The summed E-state index contributed by atoms with van der Waals surface area (Å²) in [6, 6.07) is 7.44. The van der Waals surface area contributed by atoms with Crippen molar-refractivity contribution in [3.05, 3.63) is 51.5 Å². The molecule has 126 valence electrons. The smallest absolute Gasteiger partial charge is 0.349 e. The van der Waals surface area contributed by atoms with Gasteiger partial charge in [-0.25, -0.2) is 9.18 Å². The van der Waals surface area contributed by atoms with Crippen molar-refractivity contribution in [2.45, 2.75) is 38.7 Å². The number of hydrogen-bond donors (Lipinski definition) is 1. The Labute approximate surface area is 143 Å². The van der Waals surface area contributed by atoms with Crippen molar-refractivity contribution in [3.63, 3.8) is 0 Å². The zero-order valence-corrected chi connectivity index (χ0v) is 14.1. The van der Waals surface area contributed by atoms with Gasteiger partial charge in [-0.1, -0.05) is 6.07 Å². The van der Waals surface area contributed by atoms with Gasteiger partial charge >= 0.3 is 5.97 Å². The molecule has 1 aliphatic carbocycles. The lowest BCUT2D eigenvalue weighted by atomic mass is 9.99. The van der Waals surface area contributed by atoms with Crippen LogP contribution in [0.4, 0.5) is 10.1 Å². The summed E-state index contributed by atoms with van der Waals surface area (Å²) in [4.78, 5) is 26.1. The van der Waals surface area contributed by atoms with E-state index in [9.17, 15) is 14.0 Å². The molecule has 24 heavy (non-hydrogen) atoms. The molecule has 1 aromatic heterocycles. The van der Waals surface area contributed by atoms with E-state index in [1.54, 1.807) is 6.07 Å². The van der Waals surface area contributed by atoms with E-state index in [0.717, 1.165) is 25.7 Å². The van der Waals surface area contributed by atoms with Crippen molar-refractivity contribution in [2.75, 3.05) is 5.32 Å². The van der Waals surface area contributed by atoms with Crippen LogP contribution in [0.5, 0.6) is 0 Å². The Kier molecular flexibility index (Phi) is 4.94. The Morgan fingerprint density at radius 2 is 2.04 bits per heavy atom. The zero-order chi connectivity index (χ0) is 17.1. The molecular weight excluding hydrogens is 329 g/mol. The molecule has 1 amide bonds. The SMILES string of the molecule is C[C@@H](OC(=O)c1cc2c(s1)CCCC2)C(=O)Nc1cccc(F)c1. The fourth-order valence-corrected chi connectivity index (χ4v) is 3.81. The molecule has 0 saturated heterocycles. The largest absolute Gasteiger partial charge is 0.448 e. The molecule has 0 spiro atoms. The number of carbonyl (C=O) groups excluding carboxylic acids is 2. The van der Waals surface area contributed by atoms with Gasteiger partial charge in [0.2, 0.25) is 0 Å². The van der Waals surface area contributed by atoms with Crippen LogP contribution in [0.25, 0.3) is 0 Å². The Morgan fingerprint density at radius 1 is 1.25 bits per heavy atom. The third-order valence-electron chi connectivity index (χ3n) is 3.94. The summed E-state index contributed by atoms with van der Waals surface area (Å²) < 4.78 is 18.4. The van der Waals surface area contributed by atoms with Gasteiger partial charge < -0.3 is 10.1 Å². The summed E-state index contributed by atoms with van der Waals surface area (Å²) in [7, 11) is 0. The Balaban J connectivity index is 1.61. The number of benzene rings is 1. The van der Waals surface area contributed by atoms with Crippen LogP contribution in [0.15, 0.2) is 30.3 Å². The summed E-state index contributed by atoms with van der Waals surface area (Å²) in [6.45, 7) is 1.50. The zero-order valence-electron chi connectivity index (χ0n) is 13.3. The van der Waals surface area contributed by atoms with E-state index in [0.29, 0.717) is 10.6 Å². The number of aryl methyl sites for hydroxylation is 2. The predicted molar refractivity (Wildman–Crippen MR) is 90.9 cm³/mol.